The largest absolute Gasteiger partial charge is 0.395 e. The highest BCUT2D eigenvalue weighted by Gasteiger charge is 1.90. The molecule has 0 aromatic heterocycles. The van der Waals surface area contributed by atoms with Gasteiger partial charge in [-0.25, -0.2) is 0 Å². The van der Waals surface area contributed by atoms with Gasteiger partial charge in [0.25, 0.3) is 0 Å². The maximum Gasteiger partial charge on any atom is 0.0558 e. The molecule has 0 aliphatic heterocycles. The Labute approximate surface area is 67.1 Å². The van der Waals surface area contributed by atoms with Crippen molar-refractivity contribution >= 4 is 11.6 Å². The van der Waals surface area contributed by atoms with Gasteiger partial charge >= 0.3 is 0 Å². The van der Waals surface area contributed by atoms with Gasteiger partial charge in [0, 0.05) is 19.0 Å². The predicted molar refractivity (Wildman–Crippen MR) is 44.4 cm³/mol. The Morgan fingerprint density at radius 2 is 2.20 bits per heavy atom. The fourth-order valence-electron chi connectivity index (χ4n) is 0.579. The van der Waals surface area contributed by atoms with Crippen molar-refractivity contribution in [2.24, 2.45) is 0 Å². The molecule has 0 saturated heterocycles. The van der Waals surface area contributed by atoms with Crippen molar-refractivity contribution in [2.75, 3.05) is 32.6 Å². The summed E-state index contributed by atoms with van der Waals surface area (Å²) in [5.74, 6) is 0.562. The van der Waals surface area contributed by atoms with Crippen LogP contribution in [0.15, 0.2) is 12.2 Å². The number of hydrogen-bond donors (Lipinski definition) is 1. The summed E-state index contributed by atoms with van der Waals surface area (Å²) in [5.41, 5.74) is 0. The van der Waals surface area contributed by atoms with Crippen LogP contribution in [0, 0.1) is 0 Å². The smallest absolute Gasteiger partial charge is 0.0558 e. The highest BCUT2D eigenvalue weighted by molar-refractivity contribution is 6.18. The van der Waals surface area contributed by atoms with Gasteiger partial charge in [0.05, 0.1) is 6.61 Å². The highest BCUT2D eigenvalue weighted by Crippen LogP contribution is 1.83. The lowest BCUT2D eigenvalue weighted by atomic mass is 10.4. The van der Waals surface area contributed by atoms with Crippen LogP contribution in [0.4, 0.5) is 0 Å². The van der Waals surface area contributed by atoms with E-state index in [1.54, 1.807) is 0 Å². The van der Waals surface area contributed by atoms with Crippen LogP contribution in [-0.2, 0) is 0 Å². The third-order valence-corrected chi connectivity index (χ3v) is 1.33. The van der Waals surface area contributed by atoms with Gasteiger partial charge in [-0.3, -0.25) is 0 Å². The number of rotatable bonds is 5. The maximum atomic E-state index is 8.50. The first-order valence-electron chi connectivity index (χ1n) is 3.31. The Bertz CT molecular complexity index is 95.6. The zero-order chi connectivity index (χ0) is 7.82. The van der Waals surface area contributed by atoms with Gasteiger partial charge in [-0.15, -0.1) is 11.6 Å². The summed E-state index contributed by atoms with van der Waals surface area (Å²) in [5, 5.41) is 8.50. The van der Waals surface area contributed by atoms with Gasteiger partial charge in [-0.05, 0) is 7.05 Å². The lowest BCUT2D eigenvalue weighted by Gasteiger charge is -2.10. The van der Waals surface area contributed by atoms with Crippen LogP contribution in [0.5, 0.6) is 0 Å². The van der Waals surface area contributed by atoms with E-state index in [2.05, 4.69) is 0 Å². The number of halogens is 1. The zero-order valence-electron chi connectivity index (χ0n) is 6.26. The molecule has 0 spiro atoms. The molecule has 2 nitrogen and oxygen atoms in total. The SMILES string of the molecule is CN(CC=CCCl)CCO. The van der Waals surface area contributed by atoms with E-state index in [9.17, 15) is 0 Å². The number of aliphatic hydroxyl groups excluding tert-OH is 1. The molecule has 0 saturated carbocycles. The van der Waals surface area contributed by atoms with Crippen molar-refractivity contribution in [2.45, 2.75) is 0 Å². The Hall–Kier alpha value is -0.0500. The average molecular weight is 164 g/mol. The van der Waals surface area contributed by atoms with Gasteiger partial charge in [0.1, 0.15) is 0 Å². The number of nitrogens with zero attached hydrogens (tertiary/aromatic N) is 1. The molecule has 0 aliphatic rings. The molecule has 0 atom stereocenters. The first kappa shape index (κ1) is 9.95. The lowest BCUT2D eigenvalue weighted by Crippen LogP contribution is -2.21. The Kier molecular flexibility index (Phi) is 7.03. The van der Waals surface area contributed by atoms with E-state index < -0.39 is 0 Å². The molecule has 1 N–H and O–H groups in total. The van der Waals surface area contributed by atoms with Crippen LogP contribution in [0.1, 0.15) is 0 Å². The number of allylic oxidation sites excluding steroid dienone is 1. The fraction of sp³-hybridized carbons (Fsp3) is 0.714. The van der Waals surface area contributed by atoms with Crippen LogP contribution in [0.3, 0.4) is 0 Å². The summed E-state index contributed by atoms with van der Waals surface area (Å²) in [7, 11) is 1.95. The molecule has 0 fully saturated rings. The number of aliphatic hydroxyl groups is 1. The summed E-state index contributed by atoms with van der Waals surface area (Å²) in [6.07, 6.45) is 3.89. The lowest BCUT2D eigenvalue weighted by molar-refractivity contribution is 0.232. The highest BCUT2D eigenvalue weighted by atomic mass is 35.5. The maximum absolute atomic E-state index is 8.50. The van der Waals surface area contributed by atoms with Crippen molar-refractivity contribution in [3.05, 3.63) is 12.2 Å². The second-order valence-electron chi connectivity index (χ2n) is 2.11. The number of hydrogen-bond acceptors (Lipinski definition) is 2. The molecule has 0 amide bonds. The molecule has 10 heavy (non-hydrogen) atoms. The normalized spacial score (nSPS) is 11.6. The number of likely N-dealkylation sites (N-methyl/N-ethyl adjacent to an activating group) is 1. The van der Waals surface area contributed by atoms with Crippen molar-refractivity contribution in [3.8, 4) is 0 Å². The third kappa shape index (κ3) is 6.08. The molecule has 0 heterocycles. The first-order chi connectivity index (χ1) is 4.81. The van der Waals surface area contributed by atoms with E-state index in [-0.39, 0.29) is 6.61 Å². The van der Waals surface area contributed by atoms with Crippen LogP contribution in [0.2, 0.25) is 0 Å². The van der Waals surface area contributed by atoms with Crippen LogP contribution in [-0.4, -0.2) is 42.6 Å². The van der Waals surface area contributed by atoms with E-state index in [4.69, 9.17) is 16.7 Å². The molecule has 3 heteroatoms. The first-order valence-corrected chi connectivity index (χ1v) is 3.85. The second-order valence-corrected chi connectivity index (χ2v) is 2.42. The summed E-state index contributed by atoms with van der Waals surface area (Å²) in [4.78, 5) is 2.02. The zero-order valence-corrected chi connectivity index (χ0v) is 7.01. The molecule has 0 aliphatic carbocycles. The van der Waals surface area contributed by atoms with Gasteiger partial charge in [-0.2, -0.15) is 0 Å². The minimum Gasteiger partial charge on any atom is -0.395 e. The van der Waals surface area contributed by atoms with Crippen molar-refractivity contribution in [1.82, 2.24) is 4.90 Å². The molecule has 0 unspecified atom stereocenters. The minimum absolute atomic E-state index is 0.214. The Balaban J connectivity index is 3.20. The van der Waals surface area contributed by atoms with Crippen LogP contribution >= 0.6 is 11.6 Å². The van der Waals surface area contributed by atoms with Crippen LogP contribution < -0.4 is 0 Å². The molecule has 0 aromatic rings. The van der Waals surface area contributed by atoms with Gasteiger partial charge in [0.15, 0.2) is 0 Å². The molecule has 60 valence electrons. The molecule has 0 radical (unpaired) electrons. The van der Waals surface area contributed by atoms with Crippen molar-refractivity contribution in [3.63, 3.8) is 0 Å². The molecule has 0 rings (SSSR count). The van der Waals surface area contributed by atoms with E-state index in [1.807, 2.05) is 24.1 Å². The monoisotopic (exact) mass is 163 g/mol. The topological polar surface area (TPSA) is 23.5 Å². The van der Waals surface area contributed by atoms with Gasteiger partial charge in [0.2, 0.25) is 0 Å². The van der Waals surface area contributed by atoms with E-state index >= 15 is 0 Å². The summed E-state index contributed by atoms with van der Waals surface area (Å²) in [6, 6.07) is 0. The van der Waals surface area contributed by atoms with E-state index in [0.29, 0.717) is 12.4 Å². The van der Waals surface area contributed by atoms with Gasteiger partial charge in [-0.1, -0.05) is 12.2 Å². The molecule has 0 bridgehead atoms. The number of alkyl halides is 1. The van der Waals surface area contributed by atoms with Crippen molar-refractivity contribution in [1.29, 1.82) is 0 Å². The van der Waals surface area contributed by atoms with Crippen LogP contribution in [0.25, 0.3) is 0 Å². The molecular weight excluding hydrogens is 150 g/mol. The van der Waals surface area contributed by atoms with E-state index in [0.717, 1.165) is 6.54 Å². The predicted octanol–water partition coefficient (Wildman–Crippen LogP) is 0.706. The van der Waals surface area contributed by atoms with E-state index in [1.165, 1.54) is 0 Å². The summed E-state index contributed by atoms with van der Waals surface area (Å²) in [6.45, 7) is 1.78. The van der Waals surface area contributed by atoms with Gasteiger partial charge < -0.3 is 10.0 Å². The Morgan fingerprint density at radius 1 is 1.50 bits per heavy atom. The summed E-state index contributed by atoms with van der Waals surface area (Å²) < 4.78 is 0. The quantitative estimate of drug-likeness (QED) is 0.477. The third-order valence-electron chi connectivity index (χ3n) is 1.15. The standard InChI is InChI=1S/C7H14ClNO/c1-9(6-7-10)5-3-2-4-8/h2-3,10H,4-7H2,1H3. The Morgan fingerprint density at radius 3 is 2.70 bits per heavy atom. The summed E-state index contributed by atoms with van der Waals surface area (Å²) >= 11 is 5.41. The van der Waals surface area contributed by atoms with Crippen molar-refractivity contribution < 1.29 is 5.11 Å². The average Bonchev–Trinajstić information content (AvgIpc) is 1.89. The second kappa shape index (κ2) is 7.06. The fourth-order valence-corrected chi connectivity index (χ4v) is 0.705. The minimum atomic E-state index is 0.214. The molecule has 0 aromatic carbocycles. The molecular formula is C7H14ClNO.